The lowest BCUT2D eigenvalue weighted by molar-refractivity contribution is -0.0581. The van der Waals surface area contributed by atoms with Crippen LogP contribution in [0.1, 0.15) is 126 Å². The maximum Gasteiger partial charge on any atom is 0.407 e. The molecule has 0 aromatic rings. The van der Waals surface area contributed by atoms with E-state index in [1.807, 2.05) is 0 Å². The Hall–Kier alpha value is -1.03. The Morgan fingerprint density at radius 1 is 1.05 bits per heavy atom. The molecule has 8 atom stereocenters. The molecule has 4 aliphatic carbocycles. The third-order valence-electron chi connectivity index (χ3n) is 11.3. The lowest BCUT2D eigenvalue weighted by atomic mass is 9.47. The van der Waals surface area contributed by atoms with E-state index in [9.17, 15) is 4.79 Å². The molecule has 1 amide bonds. The maximum absolute atomic E-state index is 12.4. The van der Waals surface area contributed by atoms with Crippen molar-refractivity contribution in [2.24, 2.45) is 51.8 Å². The minimum Gasteiger partial charge on any atom is -0.446 e. The number of ether oxygens (including phenoxy) is 1. The third-order valence-corrected chi connectivity index (χ3v) is 11.3. The third kappa shape index (κ3) is 6.42. The van der Waals surface area contributed by atoms with Gasteiger partial charge in [-0.1, -0.05) is 86.3 Å². The Morgan fingerprint density at radius 3 is 2.46 bits per heavy atom. The van der Waals surface area contributed by atoms with Gasteiger partial charge in [0.2, 0.25) is 0 Å². The van der Waals surface area contributed by atoms with Gasteiger partial charge < -0.3 is 16.2 Å². The fourth-order valence-electron chi connectivity index (χ4n) is 9.28. The predicted octanol–water partition coefficient (Wildman–Crippen LogP) is 9.33. The monoisotopic (exact) mass is 516 g/mol. The number of fused-ring (bicyclic) bond motifs is 5. The van der Waals surface area contributed by atoms with E-state index in [2.05, 4.69) is 66.8 Å². The number of alkyl carbamates (subject to hydrolysis) is 1. The highest BCUT2D eigenvalue weighted by atomic mass is 16.6. The van der Waals surface area contributed by atoms with E-state index in [1.54, 1.807) is 5.57 Å². The molecule has 4 aliphatic rings. The Labute approximate surface area is 229 Å². The zero-order valence-electron chi connectivity index (χ0n) is 25.6. The summed E-state index contributed by atoms with van der Waals surface area (Å²) < 4.78 is 5.90. The van der Waals surface area contributed by atoms with Gasteiger partial charge in [-0.15, -0.1) is 0 Å². The van der Waals surface area contributed by atoms with Gasteiger partial charge in [0, 0.05) is 13.0 Å². The van der Waals surface area contributed by atoms with Crippen LogP contribution >= 0.6 is 0 Å². The predicted molar refractivity (Wildman–Crippen MR) is 156 cm³/mol. The van der Waals surface area contributed by atoms with Crippen LogP contribution in [0.25, 0.3) is 0 Å². The van der Waals surface area contributed by atoms with E-state index in [1.165, 1.54) is 57.8 Å². The quantitative estimate of drug-likeness (QED) is 0.331. The molecule has 0 heterocycles. The molecule has 4 rings (SSSR count). The van der Waals surface area contributed by atoms with Gasteiger partial charge in [-0.25, -0.2) is 4.79 Å². The minimum absolute atomic E-state index is 0. The molecule has 3 saturated carbocycles. The summed E-state index contributed by atoms with van der Waals surface area (Å²) in [5, 5.41) is 2.98. The summed E-state index contributed by atoms with van der Waals surface area (Å²) in [5.74, 6) is 5.21. The number of carbonyl (C=O) groups excluding carboxylic acids is 1. The fourth-order valence-corrected chi connectivity index (χ4v) is 9.28. The van der Waals surface area contributed by atoms with Crippen LogP contribution in [0.5, 0.6) is 0 Å². The topological polar surface area (TPSA) is 73.3 Å². The molecule has 0 unspecified atom stereocenters. The Morgan fingerprint density at radius 2 is 1.78 bits per heavy atom. The number of hydrogen-bond acceptors (Lipinski definition) is 3. The second-order valence-electron chi connectivity index (χ2n) is 15.5. The van der Waals surface area contributed by atoms with Crippen LogP contribution in [0.2, 0.25) is 0 Å². The highest BCUT2D eigenvalue weighted by Crippen LogP contribution is 2.67. The van der Waals surface area contributed by atoms with Crippen LogP contribution in [-0.4, -0.2) is 18.7 Å². The molecule has 4 heteroatoms. The molecule has 3 fully saturated rings. The summed E-state index contributed by atoms with van der Waals surface area (Å²) in [6.45, 7) is 19.6. The second-order valence-corrected chi connectivity index (χ2v) is 15.5. The summed E-state index contributed by atoms with van der Waals surface area (Å²) in [6, 6.07) is 0. The molecule has 37 heavy (non-hydrogen) atoms. The summed E-state index contributed by atoms with van der Waals surface area (Å²) >= 11 is 0. The molecule has 0 saturated heterocycles. The van der Waals surface area contributed by atoms with E-state index < -0.39 is 0 Å². The van der Waals surface area contributed by atoms with E-state index in [0.717, 1.165) is 48.3 Å². The van der Waals surface area contributed by atoms with Crippen molar-refractivity contribution in [2.75, 3.05) is 6.54 Å². The number of hydrogen-bond donors (Lipinski definition) is 2. The van der Waals surface area contributed by atoms with Crippen LogP contribution < -0.4 is 11.5 Å². The Bertz CT molecular complexity index is 814. The summed E-state index contributed by atoms with van der Waals surface area (Å²) in [6.07, 6.45) is 16.8. The van der Waals surface area contributed by atoms with Gasteiger partial charge in [0.25, 0.3) is 0 Å². The van der Waals surface area contributed by atoms with E-state index in [4.69, 9.17) is 4.74 Å². The first-order chi connectivity index (χ1) is 16.8. The number of nitrogens with one attached hydrogen (secondary N) is 1. The van der Waals surface area contributed by atoms with Crippen molar-refractivity contribution in [2.45, 2.75) is 132 Å². The van der Waals surface area contributed by atoms with Crippen LogP contribution in [0, 0.1) is 51.8 Å². The fraction of sp³-hybridized carbons (Fsp3) is 0.909. The van der Waals surface area contributed by atoms with Crippen molar-refractivity contribution >= 4 is 6.09 Å². The van der Waals surface area contributed by atoms with E-state index >= 15 is 0 Å². The zero-order chi connectivity index (χ0) is 26.3. The molecule has 0 aromatic heterocycles. The summed E-state index contributed by atoms with van der Waals surface area (Å²) in [7, 11) is 0. The largest absolute Gasteiger partial charge is 0.446 e. The SMILES string of the molecule is CC(C)CCC[C@@H](C)[C@H]1CC[C@H]2[C@@H]3CC=C4C[C@@H](OC(=O)NCC(C)(C)C)CC[C@]4(C)[C@H]3CC[C@]12C.N. The van der Waals surface area contributed by atoms with Gasteiger partial charge >= 0.3 is 6.09 Å². The van der Waals surface area contributed by atoms with Crippen molar-refractivity contribution in [3.63, 3.8) is 0 Å². The average Bonchev–Trinajstić information content (AvgIpc) is 3.14. The standard InChI is InChI=1S/C33H57NO2.H3N/c1-22(2)10-9-11-23(3)27-14-15-28-26-13-12-24-20-25(36-30(35)34-21-31(4,5)6)16-18-32(24,7)29(26)17-19-33(27,28)8;/h12,22-23,25-29H,9-11,13-21H2,1-8H3,(H,34,35);1H3/t23-,25+,26+,27-,28+,29+,32+,33-;/m1./s1. The van der Waals surface area contributed by atoms with Gasteiger partial charge in [0.15, 0.2) is 0 Å². The van der Waals surface area contributed by atoms with Crippen LogP contribution in [-0.2, 0) is 4.74 Å². The molecule has 4 N–H and O–H groups in total. The second kappa shape index (κ2) is 11.6. The Kier molecular flexibility index (Phi) is 9.57. The first-order valence-corrected chi connectivity index (χ1v) is 15.5. The number of carbonyl (C=O) groups is 1. The first-order valence-electron chi connectivity index (χ1n) is 15.5. The highest BCUT2D eigenvalue weighted by Gasteiger charge is 2.59. The van der Waals surface area contributed by atoms with E-state index in [-0.39, 0.29) is 23.8 Å². The number of allylic oxidation sites excluding steroid dienone is 1. The van der Waals surface area contributed by atoms with Gasteiger partial charge in [-0.2, -0.15) is 0 Å². The highest BCUT2D eigenvalue weighted by molar-refractivity contribution is 5.67. The van der Waals surface area contributed by atoms with Crippen LogP contribution in [0.4, 0.5) is 4.79 Å². The summed E-state index contributed by atoms with van der Waals surface area (Å²) in [5.41, 5.74) is 2.54. The number of amides is 1. The van der Waals surface area contributed by atoms with Crippen LogP contribution in [0.15, 0.2) is 11.6 Å². The lowest BCUT2D eigenvalue weighted by Gasteiger charge is -2.58. The smallest absolute Gasteiger partial charge is 0.407 e. The lowest BCUT2D eigenvalue weighted by Crippen LogP contribution is -2.51. The molecule has 0 spiro atoms. The van der Waals surface area contributed by atoms with Crippen molar-refractivity contribution in [3.05, 3.63) is 11.6 Å². The molecule has 0 aromatic carbocycles. The van der Waals surface area contributed by atoms with Gasteiger partial charge in [-0.3, -0.25) is 0 Å². The number of rotatable bonds is 7. The molecular weight excluding hydrogens is 456 g/mol. The van der Waals surface area contributed by atoms with Gasteiger partial charge in [0.05, 0.1) is 0 Å². The van der Waals surface area contributed by atoms with Crippen molar-refractivity contribution < 1.29 is 9.53 Å². The van der Waals surface area contributed by atoms with Gasteiger partial charge in [-0.05, 0) is 96.7 Å². The minimum atomic E-state index is -0.235. The molecule has 0 aliphatic heterocycles. The molecular formula is C33H60N2O2. The average molecular weight is 517 g/mol. The van der Waals surface area contributed by atoms with E-state index in [0.29, 0.717) is 17.4 Å². The maximum atomic E-state index is 12.4. The molecule has 214 valence electrons. The van der Waals surface area contributed by atoms with Crippen molar-refractivity contribution in [1.82, 2.24) is 11.5 Å². The first kappa shape index (κ1) is 30.5. The summed E-state index contributed by atoms with van der Waals surface area (Å²) in [4.78, 5) is 12.4. The van der Waals surface area contributed by atoms with Crippen molar-refractivity contribution in [3.8, 4) is 0 Å². The Balaban J connectivity index is 0.00000380. The van der Waals surface area contributed by atoms with Crippen LogP contribution in [0.3, 0.4) is 0 Å². The van der Waals surface area contributed by atoms with Crippen molar-refractivity contribution in [1.29, 1.82) is 0 Å². The molecule has 4 nitrogen and oxygen atoms in total. The molecule has 0 bridgehead atoms. The molecule has 0 radical (unpaired) electrons. The van der Waals surface area contributed by atoms with Gasteiger partial charge in [0.1, 0.15) is 6.10 Å². The normalized spacial score (nSPS) is 38.0. The zero-order valence-corrected chi connectivity index (χ0v) is 25.6.